The summed E-state index contributed by atoms with van der Waals surface area (Å²) in [6.07, 6.45) is -1.52. The van der Waals surface area contributed by atoms with Crippen LogP contribution in [0.4, 0.5) is 13.2 Å². The third-order valence-electron chi connectivity index (χ3n) is 5.04. The molecule has 0 saturated carbocycles. The lowest BCUT2D eigenvalue weighted by Crippen LogP contribution is -2.42. The normalized spacial score (nSPS) is 24.3. The van der Waals surface area contributed by atoms with Gasteiger partial charge in [-0.25, -0.2) is 4.79 Å². The fraction of sp³-hybridized carbons (Fsp3) is 0.444. The summed E-state index contributed by atoms with van der Waals surface area (Å²) < 4.78 is 41.8. The fourth-order valence-corrected chi connectivity index (χ4v) is 4.70. The second-order valence-corrected chi connectivity index (χ2v) is 7.83. The molecule has 2 aromatic rings. The Labute approximate surface area is 156 Å². The Balaban J connectivity index is 1.51. The highest BCUT2D eigenvalue weighted by atomic mass is 32.1. The minimum atomic E-state index is -4.58. The summed E-state index contributed by atoms with van der Waals surface area (Å²) in [6.45, 7) is -1.64. The van der Waals surface area contributed by atoms with E-state index >= 15 is 0 Å². The van der Waals surface area contributed by atoms with Gasteiger partial charge in [0.05, 0.1) is 5.56 Å². The molecule has 1 aromatic heterocycles. The van der Waals surface area contributed by atoms with Gasteiger partial charge in [0.1, 0.15) is 0 Å². The van der Waals surface area contributed by atoms with Gasteiger partial charge in [0.15, 0.2) is 6.61 Å². The first-order chi connectivity index (χ1) is 12.8. The number of benzene rings is 1. The standard InChI is InChI=1S/C18H17F3N2O3S/c19-18(20,21)8-26-17(25)12-7-27-15-4-1-9(5-11(12)15)16(24)23-14-6-10-2-3-13(14)22-10/h1,4-5,7,10,13-14,22H,2-3,6,8H2,(H,23,24)/t10-,13+,14-/m1/s1. The molecule has 2 aliphatic heterocycles. The molecule has 5 nitrogen and oxygen atoms in total. The summed E-state index contributed by atoms with van der Waals surface area (Å²) in [7, 11) is 0. The number of fused-ring (bicyclic) bond motifs is 3. The predicted octanol–water partition coefficient (Wildman–Crippen LogP) is 3.24. The SMILES string of the molecule is O=C(N[C@@H]1C[C@H]2CC[C@@H]1N2)c1ccc2scc(C(=O)OCC(F)(F)F)c2c1. The van der Waals surface area contributed by atoms with Crippen molar-refractivity contribution in [3.63, 3.8) is 0 Å². The third kappa shape index (κ3) is 3.79. The molecule has 2 saturated heterocycles. The maximum atomic E-state index is 12.6. The molecular weight excluding hydrogens is 381 g/mol. The Kier molecular flexibility index (Phi) is 4.59. The second-order valence-electron chi connectivity index (χ2n) is 6.91. The van der Waals surface area contributed by atoms with Gasteiger partial charge in [0.25, 0.3) is 5.91 Å². The average Bonchev–Trinajstić information content (AvgIpc) is 3.33. The first-order valence-electron chi connectivity index (χ1n) is 8.62. The van der Waals surface area contributed by atoms with E-state index in [1.807, 2.05) is 0 Å². The minimum Gasteiger partial charge on any atom is -0.452 e. The summed E-state index contributed by atoms with van der Waals surface area (Å²) in [5.41, 5.74) is 0.407. The number of hydrogen-bond donors (Lipinski definition) is 2. The highest BCUT2D eigenvalue weighted by Crippen LogP contribution is 2.30. The van der Waals surface area contributed by atoms with Crippen molar-refractivity contribution < 1.29 is 27.5 Å². The number of nitrogens with one attached hydrogen (secondary N) is 2. The van der Waals surface area contributed by atoms with Crippen molar-refractivity contribution in [2.75, 3.05) is 6.61 Å². The number of rotatable bonds is 4. The second kappa shape index (κ2) is 6.79. The van der Waals surface area contributed by atoms with Gasteiger partial charge in [-0.2, -0.15) is 13.2 Å². The van der Waals surface area contributed by atoms with Crippen molar-refractivity contribution in [2.24, 2.45) is 0 Å². The molecule has 27 heavy (non-hydrogen) atoms. The Morgan fingerprint density at radius 1 is 1.30 bits per heavy atom. The van der Waals surface area contributed by atoms with Gasteiger partial charge in [-0.1, -0.05) is 0 Å². The molecular formula is C18H17F3N2O3S. The van der Waals surface area contributed by atoms with E-state index < -0.39 is 18.8 Å². The van der Waals surface area contributed by atoms with Crippen LogP contribution in [0, 0.1) is 0 Å². The lowest BCUT2D eigenvalue weighted by Gasteiger charge is -2.21. The fourth-order valence-electron chi connectivity index (χ4n) is 3.79. The topological polar surface area (TPSA) is 67.4 Å². The Hall–Kier alpha value is -2.13. The molecule has 9 heteroatoms. The van der Waals surface area contributed by atoms with Crippen LogP contribution >= 0.6 is 11.3 Å². The highest BCUT2D eigenvalue weighted by Gasteiger charge is 2.39. The summed E-state index contributed by atoms with van der Waals surface area (Å²) in [4.78, 5) is 24.6. The molecule has 3 atom stereocenters. The maximum Gasteiger partial charge on any atom is 0.422 e. The number of halogens is 3. The number of ether oxygens (including phenoxy) is 1. The molecule has 0 spiro atoms. The van der Waals surface area contributed by atoms with Crippen LogP contribution in [0.1, 0.15) is 40.0 Å². The van der Waals surface area contributed by atoms with Crippen LogP contribution in [0.15, 0.2) is 23.6 Å². The van der Waals surface area contributed by atoms with Crippen LogP contribution in [-0.2, 0) is 4.74 Å². The van der Waals surface area contributed by atoms with Crippen LogP contribution < -0.4 is 10.6 Å². The van der Waals surface area contributed by atoms with Gasteiger partial charge >= 0.3 is 12.1 Å². The highest BCUT2D eigenvalue weighted by molar-refractivity contribution is 7.17. The van der Waals surface area contributed by atoms with Gasteiger partial charge < -0.3 is 15.4 Å². The van der Waals surface area contributed by atoms with Crippen molar-refractivity contribution in [3.8, 4) is 0 Å². The van der Waals surface area contributed by atoms with E-state index in [4.69, 9.17) is 0 Å². The van der Waals surface area contributed by atoms with Gasteiger partial charge in [-0.3, -0.25) is 4.79 Å². The van der Waals surface area contributed by atoms with Crippen LogP contribution in [0.2, 0.25) is 0 Å². The van der Waals surface area contributed by atoms with Gasteiger partial charge in [0.2, 0.25) is 0 Å². The number of thiophene rings is 1. The van der Waals surface area contributed by atoms with E-state index in [1.54, 1.807) is 12.1 Å². The smallest absolute Gasteiger partial charge is 0.422 e. The third-order valence-corrected chi connectivity index (χ3v) is 6.00. The maximum absolute atomic E-state index is 12.6. The van der Waals surface area contributed by atoms with Gasteiger partial charge in [-0.05, 0) is 37.5 Å². The van der Waals surface area contributed by atoms with Crippen molar-refractivity contribution in [3.05, 3.63) is 34.7 Å². The molecule has 0 unspecified atom stereocenters. The zero-order valence-corrected chi connectivity index (χ0v) is 15.0. The number of esters is 1. The lowest BCUT2D eigenvalue weighted by atomic mass is 9.95. The summed E-state index contributed by atoms with van der Waals surface area (Å²) in [5.74, 6) is -1.30. The van der Waals surface area contributed by atoms with Crippen LogP contribution in [0.25, 0.3) is 10.1 Å². The van der Waals surface area contributed by atoms with Gasteiger partial charge in [-0.15, -0.1) is 11.3 Å². The first kappa shape index (κ1) is 18.2. The molecule has 2 aliphatic rings. The van der Waals surface area contributed by atoms with E-state index in [1.165, 1.54) is 22.8 Å². The summed E-state index contributed by atoms with van der Waals surface area (Å²) in [6, 6.07) is 5.69. The monoisotopic (exact) mass is 398 g/mol. The molecule has 2 N–H and O–H groups in total. The first-order valence-corrected chi connectivity index (χ1v) is 9.50. The lowest BCUT2D eigenvalue weighted by molar-refractivity contribution is -0.161. The van der Waals surface area contributed by atoms with E-state index in [0.717, 1.165) is 19.3 Å². The molecule has 1 amide bonds. The van der Waals surface area contributed by atoms with Crippen LogP contribution in [-0.4, -0.2) is 42.8 Å². The summed E-state index contributed by atoms with van der Waals surface area (Å²) in [5, 5.41) is 8.33. The molecule has 4 rings (SSSR count). The Morgan fingerprint density at radius 3 is 2.78 bits per heavy atom. The molecule has 3 heterocycles. The van der Waals surface area contributed by atoms with E-state index in [2.05, 4.69) is 15.4 Å². The van der Waals surface area contributed by atoms with Crippen molar-refractivity contribution >= 4 is 33.3 Å². The minimum absolute atomic E-state index is 0.0375. The van der Waals surface area contributed by atoms with E-state index in [-0.39, 0.29) is 23.6 Å². The van der Waals surface area contributed by atoms with Crippen molar-refractivity contribution in [1.29, 1.82) is 0 Å². The number of hydrogen-bond acceptors (Lipinski definition) is 5. The zero-order valence-electron chi connectivity index (χ0n) is 14.1. The molecule has 1 aromatic carbocycles. The largest absolute Gasteiger partial charge is 0.452 e. The zero-order chi connectivity index (χ0) is 19.2. The average molecular weight is 398 g/mol. The van der Waals surface area contributed by atoms with Crippen LogP contribution in [0.5, 0.6) is 0 Å². The molecule has 2 fully saturated rings. The number of carbonyl (C=O) groups excluding carboxylic acids is 2. The van der Waals surface area contributed by atoms with Crippen LogP contribution in [0.3, 0.4) is 0 Å². The molecule has 0 radical (unpaired) electrons. The molecule has 2 bridgehead atoms. The van der Waals surface area contributed by atoms with Crippen molar-refractivity contribution in [1.82, 2.24) is 10.6 Å². The predicted molar refractivity (Wildman–Crippen MR) is 94.0 cm³/mol. The number of carbonyl (C=O) groups is 2. The molecule has 0 aliphatic carbocycles. The molecule has 144 valence electrons. The Bertz CT molecular complexity index is 896. The Morgan fingerprint density at radius 2 is 2.11 bits per heavy atom. The van der Waals surface area contributed by atoms with E-state index in [9.17, 15) is 22.8 Å². The number of alkyl halides is 3. The number of amides is 1. The van der Waals surface area contributed by atoms with Gasteiger partial charge in [0, 0.05) is 39.2 Å². The quantitative estimate of drug-likeness (QED) is 0.776. The van der Waals surface area contributed by atoms with E-state index in [0.29, 0.717) is 21.7 Å². The summed E-state index contributed by atoms with van der Waals surface area (Å²) >= 11 is 1.21. The van der Waals surface area contributed by atoms with Crippen molar-refractivity contribution in [2.45, 2.75) is 43.6 Å².